The Hall–Kier alpha value is -0.360. The second-order valence-electron chi connectivity index (χ2n) is 3.30. The average molecular weight is 239 g/mol. The van der Waals surface area contributed by atoms with Crippen molar-refractivity contribution in [2.75, 3.05) is 40.0 Å². The molecule has 1 fully saturated rings. The van der Waals surface area contributed by atoms with E-state index in [1.807, 2.05) is 0 Å². The summed E-state index contributed by atoms with van der Waals surface area (Å²) in [6.07, 6.45) is 1.00. The Morgan fingerprint density at radius 1 is 1.53 bits per heavy atom. The van der Waals surface area contributed by atoms with Crippen LogP contribution in [-0.4, -0.2) is 52.0 Å². The molecule has 0 saturated carbocycles. The van der Waals surface area contributed by atoms with Gasteiger partial charge in [0, 0.05) is 19.7 Å². The van der Waals surface area contributed by atoms with Gasteiger partial charge in [0.15, 0.2) is 0 Å². The van der Waals surface area contributed by atoms with Crippen LogP contribution >= 0.6 is 12.4 Å². The fraction of sp³-hybridized carbons (Fsp3) is 0.889. The van der Waals surface area contributed by atoms with Gasteiger partial charge in [-0.3, -0.25) is 4.79 Å². The highest BCUT2D eigenvalue weighted by Gasteiger charge is 2.16. The van der Waals surface area contributed by atoms with Crippen LogP contribution in [-0.2, 0) is 14.3 Å². The summed E-state index contributed by atoms with van der Waals surface area (Å²) in [5.41, 5.74) is 0. The quantitative estimate of drug-likeness (QED) is 0.616. The van der Waals surface area contributed by atoms with Gasteiger partial charge in [-0.1, -0.05) is 0 Å². The monoisotopic (exact) mass is 238 g/mol. The van der Waals surface area contributed by atoms with Crippen molar-refractivity contribution in [2.45, 2.75) is 12.5 Å². The van der Waals surface area contributed by atoms with Gasteiger partial charge < -0.3 is 20.1 Å². The standard InChI is InChI=1S/C9H18N2O3.ClH/c1-13-4-5-14-7-9(12)11-8-2-3-10-6-8;/h8,10H,2-7H2,1H3,(H,11,12);1H. The van der Waals surface area contributed by atoms with Crippen LogP contribution in [0, 0.1) is 0 Å². The molecule has 6 heteroatoms. The molecule has 0 aromatic carbocycles. The molecule has 0 bridgehead atoms. The third-order valence-corrected chi connectivity index (χ3v) is 2.09. The number of rotatable bonds is 6. The molecule has 1 atom stereocenters. The van der Waals surface area contributed by atoms with Gasteiger partial charge in [0.05, 0.1) is 13.2 Å². The van der Waals surface area contributed by atoms with E-state index in [4.69, 9.17) is 9.47 Å². The van der Waals surface area contributed by atoms with Gasteiger partial charge in [0.2, 0.25) is 5.91 Å². The molecule has 1 saturated heterocycles. The summed E-state index contributed by atoms with van der Waals surface area (Å²) >= 11 is 0. The second-order valence-corrected chi connectivity index (χ2v) is 3.30. The summed E-state index contributed by atoms with van der Waals surface area (Å²) in [6.45, 7) is 2.96. The molecule has 1 heterocycles. The zero-order valence-corrected chi connectivity index (χ0v) is 9.77. The van der Waals surface area contributed by atoms with Gasteiger partial charge in [-0.2, -0.15) is 0 Å². The van der Waals surface area contributed by atoms with E-state index in [2.05, 4.69) is 10.6 Å². The summed E-state index contributed by atoms with van der Waals surface area (Å²) in [6, 6.07) is 0.272. The number of ether oxygens (including phenoxy) is 2. The minimum Gasteiger partial charge on any atom is -0.382 e. The molecule has 0 radical (unpaired) electrons. The van der Waals surface area contributed by atoms with Crippen molar-refractivity contribution in [3.63, 3.8) is 0 Å². The molecule has 0 aliphatic carbocycles. The predicted octanol–water partition coefficient (Wildman–Crippen LogP) is -0.451. The molecule has 0 aromatic rings. The molecule has 1 rings (SSSR count). The smallest absolute Gasteiger partial charge is 0.246 e. The lowest BCUT2D eigenvalue weighted by atomic mass is 10.2. The lowest BCUT2D eigenvalue weighted by Gasteiger charge is -2.11. The lowest BCUT2D eigenvalue weighted by molar-refractivity contribution is -0.126. The largest absolute Gasteiger partial charge is 0.382 e. The molecule has 1 amide bonds. The minimum absolute atomic E-state index is 0. The third-order valence-electron chi connectivity index (χ3n) is 2.09. The van der Waals surface area contributed by atoms with E-state index in [0.717, 1.165) is 19.5 Å². The maximum Gasteiger partial charge on any atom is 0.246 e. The van der Waals surface area contributed by atoms with Crippen molar-refractivity contribution < 1.29 is 14.3 Å². The van der Waals surface area contributed by atoms with Crippen LogP contribution < -0.4 is 10.6 Å². The SMILES string of the molecule is COCCOCC(=O)NC1CCNC1.Cl. The van der Waals surface area contributed by atoms with E-state index in [1.54, 1.807) is 7.11 Å². The average Bonchev–Trinajstić information content (AvgIpc) is 2.65. The molecule has 1 unspecified atom stereocenters. The summed E-state index contributed by atoms with van der Waals surface area (Å²) in [4.78, 5) is 11.3. The van der Waals surface area contributed by atoms with Gasteiger partial charge >= 0.3 is 0 Å². The fourth-order valence-electron chi connectivity index (χ4n) is 1.35. The van der Waals surface area contributed by atoms with Crippen LogP contribution in [0.25, 0.3) is 0 Å². The number of hydrogen-bond donors (Lipinski definition) is 2. The van der Waals surface area contributed by atoms with E-state index in [1.165, 1.54) is 0 Å². The highest BCUT2D eigenvalue weighted by atomic mass is 35.5. The van der Waals surface area contributed by atoms with Crippen molar-refractivity contribution >= 4 is 18.3 Å². The lowest BCUT2D eigenvalue weighted by Crippen LogP contribution is -2.38. The predicted molar refractivity (Wildman–Crippen MR) is 59.4 cm³/mol. The van der Waals surface area contributed by atoms with E-state index in [9.17, 15) is 4.79 Å². The molecular weight excluding hydrogens is 220 g/mol. The summed E-state index contributed by atoms with van der Waals surface area (Å²) < 4.78 is 9.88. The molecule has 0 spiro atoms. The van der Waals surface area contributed by atoms with Crippen LogP contribution in [0.15, 0.2) is 0 Å². The maximum atomic E-state index is 11.3. The highest BCUT2D eigenvalue weighted by molar-refractivity contribution is 5.85. The van der Waals surface area contributed by atoms with E-state index < -0.39 is 0 Å². The van der Waals surface area contributed by atoms with Crippen molar-refractivity contribution in [1.82, 2.24) is 10.6 Å². The van der Waals surface area contributed by atoms with E-state index in [0.29, 0.717) is 13.2 Å². The number of hydrogen-bond acceptors (Lipinski definition) is 4. The van der Waals surface area contributed by atoms with E-state index in [-0.39, 0.29) is 31.0 Å². The number of methoxy groups -OCH3 is 1. The topological polar surface area (TPSA) is 59.6 Å². The first-order valence-electron chi connectivity index (χ1n) is 4.89. The molecule has 90 valence electrons. The van der Waals surface area contributed by atoms with E-state index >= 15 is 0 Å². The number of halogens is 1. The molecule has 0 aromatic heterocycles. The summed E-state index contributed by atoms with van der Waals surface area (Å²) in [7, 11) is 1.60. The van der Waals surface area contributed by atoms with Crippen LogP contribution in [0.1, 0.15) is 6.42 Å². The zero-order valence-electron chi connectivity index (χ0n) is 8.95. The first kappa shape index (κ1) is 14.6. The van der Waals surface area contributed by atoms with Gasteiger partial charge in [0.1, 0.15) is 6.61 Å². The van der Waals surface area contributed by atoms with Gasteiger partial charge in [-0.05, 0) is 13.0 Å². The molecule has 1 aliphatic heterocycles. The van der Waals surface area contributed by atoms with Crippen LogP contribution in [0.4, 0.5) is 0 Å². The molecular formula is C9H19ClN2O3. The number of carbonyl (C=O) groups is 1. The maximum absolute atomic E-state index is 11.3. The summed E-state index contributed by atoms with van der Waals surface area (Å²) in [5, 5.41) is 6.07. The summed E-state index contributed by atoms with van der Waals surface area (Å²) in [5.74, 6) is -0.0465. The number of amides is 1. The number of carbonyl (C=O) groups excluding carboxylic acids is 1. The van der Waals surface area contributed by atoms with Crippen LogP contribution in [0.2, 0.25) is 0 Å². The zero-order chi connectivity index (χ0) is 10.2. The molecule has 1 aliphatic rings. The molecule has 15 heavy (non-hydrogen) atoms. The third kappa shape index (κ3) is 6.67. The van der Waals surface area contributed by atoms with Crippen molar-refractivity contribution in [1.29, 1.82) is 0 Å². The minimum atomic E-state index is -0.0465. The molecule has 5 nitrogen and oxygen atoms in total. The van der Waals surface area contributed by atoms with Crippen molar-refractivity contribution in [3.8, 4) is 0 Å². The molecule has 2 N–H and O–H groups in total. The Kier molecular flexibility index (Phi) is 8.70. The normalized spacial score (nSPS) is 19.7. The van der Waals surface area contributed by atoms with Crippen LogP contribution in [0.5, 0.6) is 0 Å². The van der Waals surface area contributed by atoms with Gasteiger partial charge in [0.25, 0.3) is 0 Å². The Morgan fingerprint density at radius 3 is 2.93 bits per heavy atom. The second kappa shape index (κ2) is 8.91. The van der Waals surface area contributed by atoms with Gasteiger partial charge in [-0.15, -0.1) is 12.4 Å². The highest BCUT2D eigenvalue weighted by Crippen LogP contribution is 1.96. The van der Waals surface area contributed by atoms with Crippen LogP contribution in [0.3, 0.4) is 0 Å². The van der Waals surface area contributed by atoms with Crippen molar-refractivity contribution in [3.05, 3.63) is 0 Å². The first-order chi connectivity index (χ1) is 6.83. The Balaban J connectivity index is 0.00000196. The Labute approximate surface area is 96.3 Å². The number of nitrogens with one attached hydrogen (secondary N) is 2. The first-order valence-corrected chi connectivity index (χ1v) is 4.89. The Bertz CT molecular complexity index is 175. The fourth-order valence-corrected chi connectivity index (χ4v) is 1.35. The Morgan fingerprint density at radius 2 is 2.33 bits per heavy atom. The van der Waals surface area contributed by atoms with Crippen molar-refractivity contribution in [2.24, 2.45) is 0 Å². The van der Waals surface area contributed by atoms with Gasteiger partial charge in [-0.25, -0.2) is 0 Å².